The number of hydrogen-bond acceptors (Lipinski definition) is 3. The molecule has 0 N–H and O–H groups in total. The Balaban J connectivity index is 1.96. The van der Waals surface area contributed by atoms with Crippen LogP contribution in [0.2, 0.25) is 0 Å². The molecule has 1 aromatic heterocycles. The zero-order valence-electron chi connectivity index (χ0n) is 19.1. The summed E-state index contributed by atoms with van der Waals surface area (Å²) in [4.78, 5) is 23.9. The van der Waals surface area contributed by atoms with Gasteiger partial charge in [0, 0.05) is 25.2 Å². The predicted octanol–water partition coefficient (Wildman–Crippen LogP) is 7.26. The van der Waals surface area contributed by atoms with Crippen LogP contribution in [0.25, 0.3) is 0 Å². The third kappa shape index (κ3) is 11.3. The minimum absolute atomic E-state index is 0.116. The van der Waals surface area contributed by atoms with Crippen LogP contribution in [0.3, 0.4) is 0 Å². The van der Waals surface area contributed by atoms with Gasteiger partial charge in [-0.15, -0.1) is 0 Å². The lowest BCUT2D eigenvalue weighted by atomic mass is 10.0. The summed E-state index contributed by atoms with van der Waals surface area (Å²) in [5.41, 5.74) is 1.03. The van der Waals surface area contributed by atoms with Gasteiger partial charge < -0.3 is 9.30 Å². The Morgan fingerprint density at radius 2 is 1.24 bits per heavy atom. The Labute approximate surface area is 178 Å². The molecule has 0 aliphatic carbocycles. The molecule has 0 saturated carbocycles. The maximum Gasteiger partial charge on any atom is 0.354 e. The second-order valence-electron chi connectivity index (χ2n) is 8.34. The number of carbonyl (C=O) groups is 2. The number of ketones is 1. The van der Waals surface area contributed by atoms with E-state index in [1.165, 1.54) is 90.6 Å². The Kier molecular flexibility index (Phi) is 14.3. The van der Waals surface area contributed by atoms with Gasteiger partial charge in [0.1, 0.15) is 5.69 Å². The first-order chi connectivity index (χ1) is 14.1. The average molecular weight is 406 g/mol. The van der Waals surface area contributed by atoms with Gasteiger partial charge in [-0.2, -0.15) is 0 Å². The highest BCUT2D eigenvalue weighted by Gasteiger charge is 2.15. The normalized spacial score (nSPS) is 11.0. The molecule has 4 nitrogen and oxygen atoms in total. The molecule has 0 amide bonds. The SMILES string of the molecule is CCCCCCCCCCCCCCCCCC(=O)c1cc(C(=O)OC)n(C)c1. The zero-order valence-corrected chi connectivity index (χ0v) is 19.1. The summed E-state index contributed by atoms with van der Waals surface area (Å²) in [5.74, 6) is -0.288. The molecule has 0 bridgehead atoms. The molecule has 0 unspecified atom stereocenters. The van der Waals surface area contributed by atoms with Gasteiger partial charge in [0.25, 0.3) is 0 Å². The molecule has 4 heteroatoms. The molecule has 1 rings (SSSR count). The van der Waals surface area contributed by atoms with Crippen LogP contribution >= 0.6 is 0 Å². The second-order valence-corrected chi connectivity index (χ2v) is 8.34. The molecule has 0 aliphatic heterocycles. The van der Waals surface area contributed by atoms with Gasteiger partial charge in [0.05, 0.1) is 7.11 Å². The van der Waals surface area contributed by atoms with Crippen molar-refractivity contribution >= 4 is 11.8 Å². The number of unbranched alkanes of at least 4 members (excludes halogenated alkanes) is 14. The van der Waals surface area contributed by atoms with Crippen molar-refractivity contribution in [3.63, 3.8) is 0 Å². The van der Waals surface area contributed by atoms with E-state index in [4.69, 9.17) is 4.74 Å². The van der Waals surface area contributed by atoms with Gasteiger partial charge in [-0.05, 0) is 12.5 Å². The maximum atomic E-state index is 12.3. The lowest BCUT2D eigenvalue weighted by molar-refractivity contribution is 0.0590. The summed E-state index contributed by atoms with van der Waals surface area (Å²) in [6.45, 7) is 2.27. The van der Waals surface area contributed by atoms with Crippen LogP contribution in [0.4, 0.5) is 0 Å². The fourth-order valence-electron chi connectivity index (χ4n) is 3.83. The van der Waals surface area contributed by atoms with Crippen LogP contribution in [0.1, 0.15) is 131 Å². The van der Waals surface area contributed by atoms with E-state index in [9.17, 15) is 9.59 Å². The number of Topliss-reactive ketones (excluding diaryl/α,β-unsaturated/α-hetero) is 1. The van der Waals surface area contributed by atoms with Crippen molar-refractivity contribution in [3.05, 3.63) is 23.5 Å². The molecule has 1 heterocycles. The molecule has 0 fully saturated rings. The molecule has 0 spiro atoms. The van der Waals surface area contributed by atoms with Crippen molar-refractivity contribution in [2.45, 2.75) is 110 Å². The summed E-state index contributed by atoms with van der Waals surface area (Å²) >= 11 is 0. The number of methoxy groups -OCH3 is 1. The van der Waals surface area contributed by atoms with E-state index in [-0.39, 0.29) is 5.78 Å². The van der Waals surface area contributed by atoms with Crippen LogP contribution < -0.4 is 0 Å². The van der Waals surface area contributed by atoms with Crippen LogP contribution in [-0.4, -0.2) is 23.4 Å². The second kappa shape index (κ2) is 16.2. The lowest BCUT2D eigenvalue weighted by Crippen LogP contribution is -2.06. The first-order valence-corrected chi connectivity index (χ1v) is 11.9. The van der Waals surface area contributed by atoms with Gasteiger partial charge >= 0.3 is 5.97 Å². The van der Waals surface area contributed by atoms with Crippen molar-refractivity contribution in [1.82, 2.24) is 4.57 Å². The number of aryl methyl sites for hydroxylation is 1. The van der Waals surface area contributed by atoms with E-state index in [0.717, 1.165) is 12.8 Å². The van der Waals surface area contributed by atoms with Gasteiger partial charge in [-0.3, -0.25) is 4.79 Å². The molecule has 0 aliphatic rings. The number of rotatable bonds is 18. The summed E-state index contributed by atoms with van der Waals surface area (Å²) in [7, 11) is 3.11. The van der Waals surface area contributed by atoms with Crippen molar-refractivity contribution in [2.75, 3.05) is 7.11 Å². The number of ether oxygens (including phenoxy) is 1. The Bertz CT molecular complexity index is 577. The first kappa shape index (κ1) is 25.5. The quantitative estimate of drug-likeness (QED) is 0.147. The van der Waals surface area contributed by atoms with Crippen LogP contribution in [-0.2, 0) is 11.8 Å². The van der Waals surface area contributed by atoms with Crippen molar-refractivity contribution in [2.24, 2.45) is 7.05 Å². The van der Waals surface area contributed by atoms with Crippen molar-refractivity contribution in [3.8, 4) is 0 Å². The van der Waals surface area contributed by atoms with E-state index in [2.05, 4.69) is 6.92 Å². The smallest absolute Gasteiger partial charge is 0.354 e. The summed E-state index contributed by atoms with van der Waals surface area (Å²) in [5, 5.41) is 0. The summed E-state index contributed by atoms with van der Waals surface area (Å²) < 4.78 is 6.39. The van der Waals surface area contributed by atoms with Gasteiger partial charge in [0.15, 0.2) is 5.78 Å². The number of aromatic nitrogens is 1. The van der Waals surface area contributed by atoms with Crippen molar-refractivity contribution < 1.29 is 14.3 Å². The highest BCUT2D eigenvalue weighted by Crippen LogP contribution is 2.16. The van der Waals surface area contributed by atoms with Crippen LogP contribution in [0.15, 0.2) is 12.3 Å². The third-order valence-corrected chi connectivity index (χ3v) is 5.73. The van der Waals surface area contributed by atoms with E-state index in [1.54, 1.807) is 23.9 Å². The molecule has 1 aromatic rings. The largest absolute Gasteiger partial charge is 0.464 e. The molecular formula is C25H43NO3. The molecule has 0 atom stereocenters. The molecule has 0 radical (unpaired) electrons. The highest BCUT2D eigenvalue weighted by atomic mass is 16.5. The van der Waals surface area contributed by atoms with Gasteiger partial charge in [-0.25, -0.2) is 4.79 Å². The number of esters is 1. The van der Waals surface area contributed by atoms with Crippen LogP contribution in [0, 0.1) is 0 Å². The van der Waals surface area contributed by atoms with Crippen molar-refractivity contribution in [1.29, 1.82) is 0 Å². The lowest BCUT2D eigenvalue weighted by Gasteiger charge is -2.03. The Morgan fingerprint density at radius 3 is 1.69 bits per heavy atom. The Morgan fingerprint density at radius 1 is 0.793 bits per heavy atom. The zero-order chi connectivity index (χ0) is 21.3. The standard InChI is InChI=1S/C25H43NO3/c1-4-5-6-7-8-9-10-11-12-13-14-15-16-17-18-19-24(27)22-20-23(25(28)29-3)26(2)21-22/h20-21H,4-19H2,1-3H3. The first-order valence-electron chi connectivity index (χ1n) is 11.9. The topological polar surface area (TPSA) is 48.3 Å². The fraction of sp³-hybridized carbons (Fsp3) is 0.760. The minimum atomic E-state index is -0.404. The van der Waals surface area contributed by atoms with E-state index >= 15 is 0 Å². The highest BCUT2D eigenvalue weighted by molar-refractivity contribution is 5.99. The third-order valence-electron chi connectivity index (χ3n) is 5.73. The molecular weight excluding hydrogens is 362 g/mol. The Hall–Kier alpha value is -1.58. The molecule has 166 valence electrons. The monoisotopic (exact) mass is 405 g/mol. The maximum absolute atomic E-state index is 12.3. The summed E-state index contributed by atoms with van der Waals surface area (Å²) in [6, 6.07) is 1.64. The van der Waals surface area contributed by atoms with Gasteiger partial charge in [-0.1, -0.05) is 96.8 Å². The average Bonchev–Trinajstić information content (AvgIpc) is 3.12. The predicted molar refractivity (Wildman–Crippen MR) is 121 cm³/mol. The molecule has 0 aromatic carbocycles. The molecule has 29 heavy (non-hydrogen) atoms. The number of nitrogens with zero attached hydrogens (tertiary/aromatic N) is 1. The molecule has 0 saturated heterocycles. The fourth-order valence-corrected chi connectivity index (χ4v) is 3.83. The van der Waals surface area contributed by atoms with Gasteiger partial charge in [0.2, 0.25) is 0 Å². The summed E-state index contributed by atoms with van der Waals surface area (Å²) in [6.07, 6.45) is 22.1. The number of hydrogen-bond donors (Lipinski definition) is 0. The van der Waals surface area contributed by atoms with E-state index < -0.39 is 5.97 Å². The van der Waals surface area contributed by atoms with E-state index in [0.29, 0.717) is 17.7 Å². The van der Waals surface area contributed by atoms with E-state index in [1.807, 2.05) is 0 Å². The number of carbonyl (C=O) groups excluding carboxylic acids is 2. The van der Waals surface area contributed by atoms with Crippen LogP contribution in [0.5, 0.6) is 0 Å². The minimum Gasteiger partial charge on any atom is -0.464 e.